The molecule has 0 bridgehead atoms. The van der Waals surface area contributed by atoms with Crippen molar-refractivity contribution in [1.29, 1.82) is 0 Å². The highest BCUT2D eigenvalue weighted by Crippen LogP contribution is 2.16. The molecule has 0 aliphatic heterocycles. The molecule has 1 aromatic heterocycles. The van der Waals surface area contributed by atoms with Gasteiger partial charge in [-0.3, -0.25) is 4.79 Å². The van der Waals surface area contributed by atoms with Gasteiger partial charge in [-0.15, -0.1) is 0 Å². The zero-order valence-corrected chi connectivity index (χ0v) is 7.27. The number of carbonyl (C=O) groups is 1. The monoisotopic (exact) mass is 183 g/mol. The first-order valence-corrected chi connectivity index (χ1v) is 4.19. The molecule has 4 heteroatoms. The summed E-state index contributed by atoms with van der Waals surface area (Å²) in [6.45, 7) is 0. The molecule has 1 atom stereocenters. The standard InChI is InChI=1S/C9H13NO3/c10-8(2-1-3-9(11)12)7-4-5-13-6-7/h4-6,8H,1-3,10H2,(H,11,12)/t8-/m1/s1. The van der Waals surface area contributed by atoms with Crippen LogP contribution in [0.25, 0.3) is 0 Å². The highest BCUT2D eigenvalue weighted by atomic mass is 16.4. The third-order valence-corrected chi connectivity index (χ3v) is 1.88. The van der Waals surface area contributed by atoms with Crippen molar-refractivity contribution in [2.24, 2.45) is 5.73 Å². The molecule has 13 heavy (non-hydrogen) atoms. The normalized spacial score (nSPS) is 12.7. The maximum Gasteiger partial charge on any atom is 0.303 e. The minimum Gasteiger partial charge on any atom is -0.481 e. The Labute approximate surface area is 76.3 Å². The van der Waals surface area contributed by atoms with Crippen molar-refractivity contribution in [2.75, 3.05) is 0 Å². The van der Waals surface area contributed by atoms with Gasteiger partial charge in [0, 0.05) is 18.0 Å². The van der Waals surface area contributed by atoms with E-state index >= 15 is 0 Å². The first kappa shape index (κ1) is 9.80. The molecule has 0 fully saturated rings. The van der Waals surface area contributed by atoms with Crippen LogP contribution in [-0.2, 0) is 4.79 Å². The number of furan rings is 1. The summed E-state index contributed by atoms with van der Waals surface area (Å²) in [7, 11) is 0. The molecule has 1 heterocycles. The molecule has 0 aliphatic rings. The maximum atomic E-state index is 10.2. The molecular formula is C9H13NO3. The SMILES string of the molecule is N[C@H](CCCC(=O)O)c1ccoc1. The van der Waals surface area contributed by atoms with Gasteiger partial charge in [-0.05, 0) is 18.9 Å². The summed E-state index contributed by atoms with van der Waals surface area (Å²) in [5.41, 5.74) is 6.69. The smallest absolute Gasteiger partial charge is 0.303 e. The summed E-state index contributed by atoms with van der Waals surface area (Å²) in [5, 5.41) is 8.40. The molecule has 4 nitrogen and oxygen atoms in total. The second-order valence-electron chi connectivity index (χ2n) is 2.95. The van der Waals surface area contributed by atoms with E-state index in [1.54, 1.807) is 18.6 Å². The van der Waals surface area contributed by atoms with Crippen LogP contribution in [0.4, 0.5) is 0 Å². The largest absolute Gasteiger partial charge is 0.481 e. The first-order chi connectivity index (χ1) is 6.20. The summed E-state index contributed by atoms with van der Waals surface area (Å²) in [5.74, 6) is -0.778. The fourth-order valence-corrected chi connectivity index (χ4v) is 1.13. The van der Waals surface area contributed by atoms with E-state index in [-0.39, 0.29) is 12.5 Å². The average Bonchev–Trinajstić information content (AvgIpc) is 2.55. The zero-order chi connectivity index (χ0) is 9.68. The number of nitrogens with two attached hydrogens (primary N) is 1. The second kappa shape index (κ2) is 4.67. The average molecular weight is 183 g/mol. The van der Waals surface area contributed by atoms with Crippen LogP contribution in [0, 0.1) is 0 Å². The van der Waals surface area contributed by atoms with Gasteiger partial charge in [-0.25, -0.2) is 0 Å². The minimum absolute atomic E-state index is 0.113. The summed E-state index contributed by atoms with van der Waals surface area (Å²) in [6, 6.07) is 1.68. The van der Waals surface area contributed by atoms with E-state index in [1.165, 1.54) is 0 Å². The third-order valence-electron chi connectivity index (χ3n) is 1.88. The number of carboxylic acids is 1. The number of aliphatic carboxylic acids is 1. The van der Waals surface area contributed by atoms with E-state index in [2.05, 4.69) is 0 Å². The van der Waals surface area contributed by atoms with Crippen molar-refractivity contribution in [2.45, 2.75) is 25.3 Å². The van der Waals surface area contributed by atoms with Crippen molar-refractivity contribution in [1.82, 2.24) is 0 Å². The molecule has 0 aliphatic carbocycles. The van der Waals surface area contributed by atoms with Gasteiger partial charge in [-0.1, -0.05) is 0 Å². The first-order valence-electron chi connectivity index (χ1n) is 4.19. The van der Waals surface area contributed by atoms with Gasteiger partial charge in [0.25, 0.3) is 0 Å². The number of hydrogen-bond acceptors (Lipinski definition) is 3. The van der Waals surface area contributed by atoms with E-state index in [1.807, 2.05) is 0 Å². The zero-order valence-electron chi connectivity index (χ0n) is 7.27. The Morgan fingerprint density at radius 1 is 1.69 bits per heavy atom. The molecule has 0 amide bonds. The van der Waals surface area contributed by atoms with Crippen molar-refractivity contribution in [3.63, 3.8) is 0 Å². The molecule has 0 saturated heterocycles. The summed E-state index contributed by atoms with van der Waals surface area (Å²) in [4.78, 5) is 10.2. The van der Waals surface area contributed by atoms with Crippen molar-refractivity contribution < 1.29 is 14.3 Å². The molecule has 0 radical (unpaired) electrons. The van der Waals surface area contributed by atoms with Crippen molar-refractivity contribution in [3.05, 3.63) is 24.2 Å². The Hall–Kier alpha value is -1.29. The third kappa shape index (κ3) is 3.29. The molecule has 0 unspecified atom stereocenters. The van der Waals surface area contributed by atoms with Crippen LogP contribution in [0.5, 0.6) is 0 Å². The van der Waals surface area contributed by atoms with Gasteiger partial charge in [-0.2, -0.15) is 0 Å². The number of hydrogen-bond donors (Lipinski definition) is 2. The Bertz CT molecular complexity index is 256. The topological polar surface area (TPSA) is 76.5 Å². The molecule has 0 saturated carbocycles. The van der Waals surface area contributed by atoms with E-state index in [0.717, 1.165) is 5.56 Å². The molecule has 0 spiro atoms. The second-order valence-corrected chi connectivity index (χ2v) is 2.95. The predicted octanol–water partition coefficient (Wildman–Crippen LogP) is 1.53. The van der Waals surface area contributed by atoms with Gasteiger partial charge in [0.1, 0.15) is 0 Å². The van der Waals surface area contributed by atoms with Crippen LogP contribution < -0.4 is 5.73 Å². The molecule has 0 aromatic carbocycles. The van der Waals surface area contributed by atoms with Gasteiger partial charge in [0.2, 0.25) is 0 Å². The highest BCUT2D eigenvalue weighted by Gasteiger charge is 2.07. The number of rotatable bonds is 5. The lowest BCUT2D eigenvalue weighted by Gasteiger charge is -2.06. The van der Waals surface area contributed by atoms with Crippen molar-refractivity contribution >= 4 is 5.97 Å². The molecule has 1 aromatic rings. The molecule has 72 valence electrons. The van der Waals surface area contributed by atoms with Crippen LogP contribution in [0.2, 0.25) is 0 Å². The Morgan fingerprint density at radius 2 is 2.46 bits per heavy atom. The van der Waals surface area contributed by atoms with E-state index in [4.69, 9.17) is 15.3 Å². The Morgan fingerprint density at radius 3 is 3.00 bits per heavy atom. The maximum absolute atomic E-state index is 10.2. The minimum atomic E-state index is -0.778. The fourth-order valence-electron chi connectivity index (χ4n) is 1.13. The van der Waals surface area contributed by atoms with E-state index < -0.39 is 5.97 Å². The van der Waals surface area contributed by atoms with Crippen molar-refractivity contribution in [3.8, 4) is 0 Å². The molecule has 3 N–H and O–H groups in total. The quantitative estimate of drug-likeness (QED) is 0.725. The lowest BCUT2D eigenvalue weighted by molar-refractivity contribution is -0.137. The summed E-state index contributed by atoms with van der Waals surface area (Å²) >= 11 is 0. The van der Waals surface area contributed by atoms with Gasteiger partial charge in [0.05, 0.1) is 12.5 Å². The van der Waals surface area contributed by atoms with E-state index in [9.17, 15) is 4.79 Å². The predicted molar refractivity (Wildman–Crippen MR) is 47.1 cm³/mol. The Kier molecular flexibility index (Phi) is 3.52. The van der Waals surface area contributed by atoms with Crippen LogP contribution in [-0.4, -0.2) is 11.1 Å². The summed E-state index contributed by atoms with van der Waals surface area (Å²) in [6.07, 6.45) is 4.59. The number of carboxylic acid groups (broad SMARTS) is 1. The van der Waals surface area contributed by atoms with E-state index in [0.29, 0.717) is 12.8 Å². The van der Waals surface area contributed by atoms with Gasteiger partial charge in [0.15, 0.2) is 0 Å². The van der Waals surface area contributed by atoms with Crippen LogP contribution in [0.3, 0.4) is 0 Å². The van der Waals surface area contributed by atoms with Gasteiger partial charge < -0.3 is 15.3 Å². The van der Waals surface area contributed by atoms with Gasteiger partial charge >= 0.3 is 5.97 Å². The van der Waals surface area contributed by atoms with Crippen LogP contribution in [0.15, 0.2) is 23.0 Å². The fraction of sp³-hybridized carbons (Fsp3) is 0.444. The molecule has 1 rings (SSSR count). The summed E-state index contributed by atoms with van der Waals surface area (Å²) < 4.78 is 4.87. The lowest BCUT2D eigenvalue weighted by Crippen LogP contribution is -2.09. The van der Waals surface area contributed by atoms with Crippen LogP contribution >= 0.6 is 0 Å². The Balaban J connectivity index is 2.26. The molecular weight excluding hydrogens is 170 g/mol. The van der Waals surface area contributed by atoms with Crippen LogP contribution in [0.1, 0.15) is 30.9 Å². The lowest BCUT2D eigenvalue weighted by atomic mass is 10.1. The highest BCUT2D eigenvalue weighted by molar-refractivity contribution is 5.66.